The van der Waals surface area contributed by atoms with E-state index in [9.17, 15) is 29.4 Å². The molecule has 2 atom stereocenters. The molecular formula is C21H25N9O7S2. The Hall–Kier alpha value is -4.19. The predicted molar refractivity (Wildman–Crippen MR) is 135 cm³/mol. The topological polar surface area (TPSA) is 235 Å². The number of hydrogen-bond acceptors (Lipinski definition) is 13. The number of oxime groups is 1. The molecule has 1 fully saturated rings. The van der Waals surface area contributed by atoms with Gasteiger partial charge in [-0.3, -0.25) is 14.5 Å². The predicted octanol–water partition coefficient (Wildman–Crippen LogP) is -2.68. The van der Waals surface area contributed by atoms with Crippen LogP contribution in [0.2, 0.25) is 0 Å². The van der Waals surface area contributed by atoms with Crippen LogP contribution in [0.25, 0.3) is 0 Å². The first kappa shape index (κ1) is 27.8. The highest BCUT2D eigenvalue weighted by Gasteiger charge is 2.53. The summed E-state index contributed by atoms with van der Waals surface area (Å²) in [4.78, 5) is 59.7. The molecule has 2 amide bonds. The van der Waals surface area contributed by atoms with E-state index in [1.165, 1.54) is 25.6 Å². The highest BCUT2D eigenvalue weighted by Crippen LogP contribution is 2.40. The number of carboxylic acid groups (broad SMARTS) is 2. The van der Waals surface area contributed by atoms with E-state index in [1.54, 1.807) is 22.6 Å². The summed E-state index contributed by atoms with van der Waals surface area (Å²) in [5.74, 6) is -3.97. The number of thioether (sulfide) groups is 1. The number of aryl methyl sites for hydroxylation is 1. The number of anilines is 2. The molecule has 0 saturated carbocycles. The van der Waals surface area contributed by atoms with Gasteiger partial charge < -0.3 is 36.6 Å². The van der Waals surface area contributed by atoms with Gasteiger partial charge in [0.15, 0.2) is 17.5 Å². The number of nitrogen functional groups attached to an aromatic ring is 2. The second kappa shape index (κ2) is 10.2. The number of nitrogens with one attached hydrogen (secondary N) is 1. The molecule has 18 heteroatoms. The van der Waals surface area contributed by atoms with E-state index in [0.29, 0.717) is 11.4 Å². The molecule has 4 rings (SSSR count). The van der Waals surface area contributed by atoms with Gasteiger partial charge in [0.05, 0.1) is 24.3 Å². The zero-order valence-electron chi connectivity index (χ0n) is 21.2. The monoisotopic (exact) mass is 579 g/mol. The molecule has 1 saturated heterocycles. The van der Waals surface area contributed by atoms with Gasteiger partial charge >= 0.3 is 5.97 Å². The van der Waals surface area contributed by atoms with E-state index in [0.717, 1.165) is 22.0 Å². The summed E-state index contributed by atoms with van der Waals surface area (Å²) < 4.78 is 7.30. The summed E-state index contributed by atoms with van der Waals surface area (Å²) in [5.41, 5.74) is 10.3. The van der Waals surface area contributed by atoms with Crippen molar-refractivity contribution in [1.29, 1.82) is 0 Å². The molecule has 0 aliphatic carbocycles. The van der Waals surface area contributed by atoms with Crippen molar-refractivity contribution in [2.45, 2.75) is 44.3 Å². The van der Waals surface area contributed by atoms with Crippen LogP contribution in [0.3, 0.4) is 0 Å². The van der Waals surface area contributed by atoms with Crippen LogP contribution in [0.4, 0.5) is 10.9 Å². The fourth-order valence-electron chi connectivity index (χ4n) is 3.83. The average molecular weight is 580 g/mol. The molecule has 0 bridgehead atoms. The third-order valence-corrected chi connectivity index (χ3v) is 7.99. The molecule has 0 unspecified atom stereocenters. The lowest BCUT2D eigenvalue weighted by atomic mass is 10.0. The van der Waals surface area contributed by atoms with Crippen molar-refractivity contribution in [3.63, 3.8) is 0 Å². The number of aromatic nitrogens is 4. The van der Waals surface area contributed by atoms with Crippen molar-refractivity contribution >= 4 is 63.7 Å². The van der Waals surface area contributed by atoms with Crippen molar-refractivity contribution in [1.82, 2.24) is 24.3 Å². The number of fused-ring (bicyclic) bond motifs is 1. The Labute approximate surface area is 229 Å². The van der Waals surface area contributed by atoms with E-state index in [1.807, 2.05) is 6.92 Å². The average Bonchev–Trinajstić information content (AvgIpc) is 3.40. The van der Waals surface area contributed by atoms with Crippen LogP contribution in [-0.4, -0.2) is 76.3 Å². The van der Waals surface area contributed by atoms with Gasteiger partial charge in [-0.05, 0) is 20.8 Å². The van der Waals surface area contributed by atoms with Gasteiger partial charge in [0.25, 0.3) is 11.8 Å². The maximum atomic E-state index is 13.1. The van der Waals surface area contributed by atoms with Gasteiger partial charge in [-0.2, -0.15) is 9.36 Å². The van der Waals surface area contributed by atoms with Crippen molar-refractivity contribution < 1.29 is 38.9 Å². The second-order valence-corrected chi connectivity index (χ2v) is 11.1. The number of hydrogen-bond donors (Lipinski definition) is 4. The van der Waals surface area contributed by atoms with E-state index >= 15 is 0 Å². The number of carbonyl (C=O) groups is 4. The largest absolute Gasteiger partial charge is 0.543 e. The fourth-order valence-corrected chi connectivity index (χ4v) is 5.60. The van der Waals surface area contributed by atoms with Gasteiger partial charge in [0.2, 0.25) is 23.3 Å². The quantitative estimate of drug-likeness (QED) is 0.103. The number of carboxylic acids is 2. The summed E-state index contributed by atoms with van der Waals surface area (Å²) in [6.45, 7) is 4.41. The lowest BCUT2D eigenvalue weighted by Gasteiger charge is -2.50. The Morgan fingerprint density at radius 2 is 2.08 bits per heavy atom. The summed E-state index contributed by atoms with van der Waals surface area (Å²) in [5, 5.41) is 26.8. The Morgan fingerprint density at radius 3 is 2.62 bits per heavy atom. The standard InChI is InChI=1S/C21H25N9O7S2/c1-8-5-29(28(4)13(8)22)6-9-7-38-17-11(16(32)30(17)12(9)18(33)34)24-15(31)10(14-25-20(23)39-27-14)26-37-21(2,3)19(35)36/h5,11,17,22H,6-7H2,1-4H3,(H5,23,24,25,27,31,33,34,35,36)/t11-,17-/m1/s1. The second-order valence-electron chi connectivity index (χ2n) is 9.22. The minimum atomic E-state index is -1.79. The number of nitrogens with two attached hydrogens (primary N) is 2. The molecule has 39 heavy (non-hydrogen) atoms. The van der Waals surface area contributed by atoms with Crippen LogP contribution in [0, 0.1) is 6.92 Å². The molecule has 16 nitrogen and oxygen atoms in total. The molecule has 6 N–H and O–H groups in total. The Bertz CT molecular complexity index is 1440. The van der Waals surface area contributed by atoms with Crippen molar-refractivity contribution in [3.8, 4) is 0 Å². The van der Waals surface area contributed by atoms with E-state index in [4.69, 9.17) is 16.3 Å². The number of aliphatic carboxylic acids is 2. The Kier molecular flexibility index (Phi) is 7.26. The lowest BCUT2D eigenvalue weighted by Crippen LogP contribution is -2.71. The highest BCUT2D eigenvalue weighted by molar-refractivity contribution is 8.00. The van der Waals surface area contributed by atoms with Gasteiger partial charge in [-0.25, -0.2) is 4.79 Å². The molecule has 2 aromatic heterocycles. The molecule has 2 aliphatic rings. The van der Waals surface area contributed by atoms with E-state index < -0.39 is 46.5 Å². The summed E-state index contributed by atoms with van der Waals surface area (Å²) in [7, 11) is 1.73. The molecular weight excluding hydrogens is 554 g/mol. The molecule has 208 valence electrons. The fraction of sp³-hybridized carbons (Fsp3) is 0.429. The molecule has 4 heterocycles. The van der Waals surface area contributed by atoms with Gasteiger partial charge in [-0.1, -0.05) is 5.16 Å². The van der Waals surface area contributed by atoms with Crippen LogP contribution in [0.5, 0.6) is 0 Å². The SMILES string of the molecule is Cc1c[n+](CC2=C(C(=O)[O-])N3C(=O)[C@@H](NC(=O)C(=NOC(C)(C)C(=O)O)c4nsc(N)n4)[C@H]3SC2)n(C)c1N. The van der Waals surface area contributed by atoms with E-state index in [-0.39, 0.29) is 29.0 Å². The third-order valence-electron chi connectivity index (χ3n) is 6.11. The molecule has 0 spiro atoms. The number of nitrogens with zero attached hydrogens (tertiary/aromatic N) is 6. The maximum absolute atomic E-state index is 13.1. The van der Waals surface area contributed by atoms with Crippen molar-refractivity contribution in [2.75, 3.05) is 17.2 Å². The minimum Gasteiger partial charge on any atom is -0.543 e. The number of rotatable bonds is 9. The van der Waals surface area contributed by atoms with Crippen LogP contribution >= 0.6 is 23.3 Å². The lowest BCUT2D eigenvalue weighted by molar-refractivity contribution is -0.765. The van der Waals surface area contributed by atoms with Gasteiger partial charge in [0.1, 0.15) is 11.4 Å². The molecule has 0 aromatic carbocycles. The third kappa shape index (κ3) is 5.11. The number of carbonyl (C=O) groups excluding carboxylic acids is 3. The van der Waals surface area contributed by atoms with Gasteiger partial charge in [-0.15, -0.1) is 21.1 Å². The molecule has 0 radical (unpaired) electrons. The summed E-state index contributed by atoms with van der Waals surface area (Å²) in [6, 6.07) is -1.12. The smallest absolute Gasteiger partial charge is 0.350 e. The maximum Gasteiger partial charge on any atom is 0.350 e. The highest BCUT2D eigenvalue weighted by atomic mass is 32.2. The first-order valence-corrected chi connectivity index (χ1v) is 13.1. The van der Waals surface area contributed by atoms with Crippen LogP contribution in [-0.2, 0) is 37.6 Å². The van der Waals surface area contributed by atoms with Gasteiger partial charge in [0, 0.05) is 22.9 Å². The van der Waals surface area contributed by atoms with Crippen molar-refractivity contribution in [3.05, 3.63) is 28.9 Å². The zero-order valence-corrected chi connectivity index (χ0v) is 22.8. The number of β-lactam (4-membered cyclic amide) rings is 1. The van der Waals surface area contributed by atoms with Crippen LogP contribution in [0.1, 0.15) is 25.2 Å². The molecule has 2 aliphatic heterocycles. The molecule has 2 aromatic rings. The van der Waals surface area contributed by atoms with Crippen molar-refractivity contribution in [2.24, 2.45) is 12.2 Å². The first-order valence-electron chi connectivity index (χ1n) is 11.3. The summed E-state index contributed by atoms with van der Waals surface area (Å²) >= 11 is 2.02. The normalized spacial score (nSPS) is 19.4. The number of amides is 2. The van der Waals surface area contributed by atoms with E-state index in [2.05, 4.69) is 19.8 Å². The first-order chi connectivity index (χ1) is 18.2. The van der Waals surface area contributed by atoms with Crippen LogP contribution < -0.4 is 26.6 Å². The summed E-state index contributed by atoms with van der Waals surface area (Å²) in [6.07, 6.45) is 1.76. The zero-order chi connectivity index (χ0) is 28.8. The Balaban J connectivity index is 1.57. The Morgan fingerprint density at radius 1 is 1.38 bits per heavy atom. The minimum absolute atomic E-state index is 0.0148. The van der Waals surface area contributed by atoms with Crippen LogP contribution in [0.15, 0.2) is 22.6 Å².